The third kappa shape index (κ3) is 1.68. The van der Waals surface area contributed by atoms with E-state index in [0.717, 1.165) is 28.7 Å². The van der Waals surface area contributed by atoms with Crippen LogP contribution in [0.4, 0.5) is 0 Å². The highest BCUT2D eigenvalue weighted by atomic mass is 35.5. The predicted molar refractivity (Wildman–Crippen MR) is 59.9 cm³/mol. The van der Waals surface area contributed by atoms with Crippen molar-refractivity contribution in [3.05, 3.63) is 28.5 Å². The van der Waals surface area contributed by atoms with E-state index in [1.54, 1.807) is 12.3 Å². The lowest BCUT2D eigenvalue weighted by Crippen LogP contribution is -1.87. The standard InChI is InChI=1S/C10H10ClN3O/c1-2-9-8(5-13-15)7-3-6(11)4-12-10(7)14-9/h3-5,15H,2H2,1H3,(H,12,14)/b13-5-. The average molecular weight is 224 g/mol. The minimum Gasteiger partial charge on any atom is -0.411 e. The van der Waals surface area contributed by atoms with Gasteiger partial charge in [-0.25, -0.2) is 4.98 Å². The second-order valence-electron chi connectivity index (χ2n) is 3.17. The lowest BCUT2D eigenvalue weighted by Gasteiger charge is -1.93. The summed E-state index contributed by atoms with van der Waals surface area (Å²) in [5.41, 5.74) is 2.58. The Bertz CT molecular complexity index is 519. The highest BCUT2D eigenvalue weighted by Crippen LogP contribution is 2.22. The third-order valence-electron chi connectivity index (χ3n) is 2.28. The van der Waals surface area contributed by atoms with E-state index in [0.29, 0.717) is 5.02 Å². The Morgan fingerprint density at radius 3 is 3.13 bits per heavy atom. The maximum absolute atomic E-state index is 8.59. The topological polar surface area (TPSA) is 61.3 Å². The van der Waals surface area contributed by atoms with E-state index in [1.165, 1.54) is 6.21 Å². The molecular formula is C10H10ClN3O. The molecule has 0 aromatic carbocycles. The van der Waals surface area contributed by atoms with Crippen LogP contribution in [0.15, 0.2) is 17.4 Å². The van der Waals surface area contributed by atoms with Gasteiger partial charge in [-0.1, -0.05) is 23.7 Å². The first-order chi connectivity index (χ1) is 7.26. The number of nitrogens with one attached hydrogen (secondary N) is 1. The fourth-order valence-corrected chi connectivity index (χ4v) is 1.76. The van der Waals surface area contributed by atoms with E-state index >= 15 is 0 Å². The van der Waals surface area contributed by atoms with Crippen molar-refractivity contribution in [2.75, 3.05) is 0 Å². The Morgan fingerprint density at radius 2 is 2.47 bits per heavy atom. The summed E-state index contributed by atoms with van der Waals surface area (Å²) in [5.74, 6) is 0. The molecule has 0 radical (unpaired) electrons. The second kappa shape index (κ2) is 3.90. The molecule has 0 saturated heterocycles. The van der Waals surface area contributed by atoms with E-state index in [1.807, 2.05) is 6.92 Å². The molecule has 0 spiro atoms. The first-order valence-electron chi connectivity index (χ1n) is 4.59. The SMILES string of the molecule is CCc1[nH]c2ncc(Cl)cc2c1/C=N\O. The number of H-pyrrole nitrogens is 1. The summed E-state index contributed by atoms with van der Waals surface area (Å²) in [6.07, 6.45) is 3.80. The summed E-state index contributed by atoms with van der Waals surface area (Å²) >= 11 is 5.86. The zero-order chi connectivity index (χ0) is 10.8. The molecule has 0 amide bonds. The van der Waals surface area contributed by atoms with Crippen LogP contribution in [0.25, 0.3) is 11.0 Å². The van der Waals surface area contributed by atoms with Gasteiger partial charge in [0, 0.05) is 22.8 Å². The Morgan fingerprint density at radius 1 is 1.67 bits per heavy atom. The molecule has 2 heterocycles. The molecule has 0 aliphatic rings. The number of oxime groups is 1. The van der Waals surface area contributed by atoms with Crippen LogP contribution in [-0.2, 0) is 6.42 Å². The maximum atomic E-state index is 8.59. The van der Waals surface area contributed by atoms with Gasteiger partial charge in [0.2, 0.25) is 0 Å². The highest BCUT2D eigenvalue weighted by molar-refractivity contribution is 6.31. The molecule has 2 aromatic heterocycles. The van der Waals surface area contributed by atoms with E-state index in [9.17, 15) is 0 Å². The van der Waals surface area contributed by atoms with Gasteiger partial charge in [-0.05, 0) is 12.5 Å². The zero-order valence-electron chi connectivity index (χ0n) is 8.16. The normalized spacial score (nSPS) is 11.6. The van der Waals surface area contributed by atoms with Gasteiger partial charge in [0.05, 0.1) is 11.2 Å². The van der Waals surface area contributed by atoms with Crippen LogP contribution >= 0.6 is 11.6 Å². The number of nitrogens with zero attached hydrogens (tertiary/aromatic N) is 2. The van der Waals surface area contributed by atoms with Crippen molar-refractivity contribution in [2.45, 2.75) is 13.3 Å². The summed E-state index contributed by atoms with van der Waals surface area (Å²) in [6, 6.07) is 1.80. The molecule has 2 aromatic rings. The molecule has 4 nitrogen and oxygen atoms in total. The molecule has 2 N–H and O–H groups in total. The number of aromatic amines is 1. The maximum Gasteiger partial charge on any atom is 0.138 e. The molecule has 2 rings (SSSR count). The fourth-order valence-electron chi connectivity index (χ4n) is 1.60. The first-order valence-corrected chi connectivity index (χ1v) is 4.97. The van der Waals surface area contributed by atoms with Gasteiger partial charge in [0.25, 0.3) is 0 Å². The van der Waals surface area contributed by atoms with Crippen LogP contribution in [0, 0.1) is 0 Å². The summed E-state index contributed by atoms with van der Waals surface area (Å²) in [7, 11) is 0. The fraction of sp³-hybridized carbons (Fsp3) is 0.200. The molecule has 0 aliphatic carbocycles. The monoisotopic (exact) mass is 223 g/mol. The van der Waals surface area contributed by atoms with Crippen LogP contribution in [-0.4, -0.2) is 21.4 Å². The van der Waals surface area contributed by atoms with Gasteiger partial charge in [-0.3, -0.25) is 0 Å². The van der Waals surface area contributed by atoms with Gasteiger partial charge in [-0.2, -0.15) is 0 Å². The highest BCUT2D eigenvalue weighted by Gasteiger charge is 2.09. The van der Waals surface area contributed by atoms with Crippen molar-refractivity contribution < 1.29 is 5.21 Å². The van der Waals surface area contributed by atoms with Crippen LogP contribution < -0.4 is 0 Å². The minimum atomic E-state index is 0.566. The average Bonchev–Trinajstić information content (AvgIpc) is 2.57. The summed E-state index contributed by atoms with van der Waals surface area (Å²) < 4.78 is 0. The van der Waals surface area contributed by atoms with Crippen molar-refractivity contribution in [3.8, 4) is 0 Å². The lowest BCUT2D eigenvalue weighted by atomic mass is 10.1. The molecule has 0 aliphatic heterocycles. The van der Waals surface area contributed by atoms with Gasteiger partial charge in [-0.15, -0.1) is 0 Å². The van der Waals surface area contributed by atoms with Crippen molar-refractivity contribution in [3.63, 3.8) is 0 Å². The Hall–Kier alpha value is -1.55. The molecule has 0 bridgehead atoms. The Kier molecular flexibility index (Phi) is 2.60. The third-order valence-corrected chi connectivity index (χ3v) is 2.49. The molecule has 15 heavy (non-hydrogen) atoms. The summed E-state index contributed by atoms with van der Waals surface area (Å²) in [4.78, 5) is 7.32. The number of halogens is 1. The smallest absolute Gasteiger partial charge is 0.138 e. The van der Waals surface area contributed by atoms with E-state index in [-0.39, 0.29) is 0 Å². The number of pyridine rings is 1. The number of rotatable bonds is 2. The Labute approximate surface area is 91.6 Å². The summed E-state index contributed by atoms with van der Waals surface area (Å²) in [6.45, 7) is 2.01. The quantitative estimate of drug-likeness (QED) is 0.467. The number of hydrogen-bond acceptors (Lipinski definition) is 3. The van der Waals surface area contributed by atoms with E-state index < -0.39 is 0 Å². The molecule has 0 atom stereocenters. The van der Waals surface area contributed by atoms with Crippen molar-refractivity contribution in [1.29, 1.82) is 0 Å². The summed E-state index contributed by atoms with van der Waals surface area (Å²) in [5, 5.41) is 13.1. The number of aromatic nitrogens is 2. The molecule has 0 unspecified atom stereocenters. The predicted octanol–water partition coefficient (Wildman–Crippen LogP) is 2.59. The minimum absolute atomic E-state index is 0.566. The number of fused-ring (bicyclic) bond motifs is 1. The molecule has 78 valence electrons. The van der Waals surface area contributed by atoms with Crippen molar-refractivity contribution in [2.24, 2.45) is 5.16 Å². The molecule has 5 heteroatoms. The molecule has 0 saturated carbocycles. The second-order valence-corrected chi connectivity index (χ2v) is 3.60. The van der Waals surface area contributed by atoms with E-state index in [2.05, 4.69) is 15.1 Å². The largest absolute Gasteiger partial charge is 0.411 e. The van der Waals surface area contributed by atoms with Crippen molar-refractivity contribution in [1.82, 2.24) is 9.97 Å². The Balaban J connectivity index is 2.76. The van der Waals surface area contributed by atoms with Crippen LogP contribution in [0.1, 0.15) is 18.2 Å². The number of hydrogen-bond donors (Lipinski definition) is 2. The van der Waals surface area contributed by atoms with Crippen molar-refractivity contribution >= 4 is 28.8 Å². The first kappa shape index (κ1) is 9.98. The van der Waals surface area contributed by atoms with Crippen LogP contribution in [0.5, 0.6) is 0 Å². The van der Waals surface area contributed by atoms with Gasteiger partial charge in [0.1, 0.15) is 5.65 Å². The van der Waals surface area contributed by atoms with Crippen LogP contribution in [0.3, 0.4) is 0 Å². The molecule has 0 fully saturated rings. The van der Waals surface area contributed by atoms with Gasteiger partial charge >= 0.3 is 0 Å². The molecular weight excluding hydrogens is 214 g/mol. The lowest BCUT2D eigenvalue weighted by molar-refractivity contribution is 0.322. The van der Waals surface area contributed by atoms with Crippen LogP contribution in [0.2, 0.25) is 5.02 Å². The van der Waals surface area contributed by atoms with E-state index in [4.69, 9.17) is 16.8 Å². The van der Waals surface area contributed by atoms with Gasteiger partial charge < -0.3 is 10.2 Å². The zero-order valence-corrected chi connectivity index (χ0v) is 8.91. The number of aryl methyl sites for hydroxylation is 1. The van der Waals surface area contributed by atoms with Gasteiger partial charge in [0.15, 0.2) is 0 Å².